The fourth-order valence-corrected chi connectivity index (χ4v) is 3.14. The number of hydrogen-bond donors (Lipinski definition) is 1. The quantitative estimate of drug-likeness (QED) is 0.469. The maximum absolute atomic E-state index is 12.2. The number of nitro benzene ring substituents is 1. The van der Waals surface area contributed by atoms with Crippen LogP contribution >= 0.6 is 0 Å². The molecule has 0 aliphatic carbocycles. The van der Waals surface area contributed by atoms with Crippen LogP contribution in [-0.4, -0.2) is 54.2 Å². The van der Waals surface area contributed by atoms with Crippen LogP contribution in [0.4, 0.5) is 17.1 Å². The summed E-state index contributed by atoms with van der Waals surface area (Å²) in [5.74, 6) is -0.0940. The second kappa shape index (κ2) is 8.62. The third-order valence-corrected chi connectivity index (χ3v) is 4.74. The Bertz CT molecular complexity index is 857. The van der Waals surface area contributed by atoms with Gasteiger partial charge in [-0.05, 0) is 43.3 Å². The number of anilines is 2. The summed E-state index contributed by atoms with van der Waals surface area (Å²) in [6.45, 7) is 4.92. The summed E-state index contributed by atoms with van der Waals surface area (Å²) >= 11 is 0. The zero-order chi connectivity index (χ0) is 20.1. The number of non-ortho nitro benzene ring substituents is 1. The second-order valence-electron chi connectivity index (χ2n) is 6.72. The molecular weight excluding hydrogens is 360 g/mol. The molecule has 0 spiro atoms. The number of Topliss-reactive ketones (excluding diaryl/α,β-unsaturated/α-hetero) is 1. The monoisotopic (exact) mass is 382 g/mol. The van der Waals surface area contributed by atoms with Crippen molar-refractivity contribution in [3.8, 4) is 0 Å². The van der Waals surface area contributed by atoms with Crippen LogP contribution in [0.2, 0.25) is 0 Å². The molecule has 2 aromatic rings. The van der Waals surface area contributed by atoms with Crippen LogP contribution in [0.15, 0.2) is 48.5 Å². The van der Waals surface area contributed by atoms with E-state index in [0.29, 0.717) is 11.3 Å². The maximum atomic E-state index is 12.2. The number of amides is 1. The zero-order valence-corrected chi connectivity index (χ0v) is 15.6. The van der Waals surface area contributed by atoms with Gasteiger partial charge < -0.3 is 10.2 Å². The van der Waals surface area contributed by atoms with Crippen molar-refractivity contribution >= 4 is 28.8 Å². The molecule has 0 bridgehead atoms. The molecule has 0 atom stereocenters. The number of ketones is 1. The molecule has 0 aromatic heterocycles. The molecule has 1 N–H and O–H groups in total. The van der Waals surface area contributed by atoms with E-state index < -0.39 is 4.92 Å². The van der Waals surface area contributed by atoms with Gasteiger partial charge in [-0.1, -0.05) is 0 Å². The van der Waals surface area contributed by atoms with E-state index in [4.69, 9.17) is 0 Å². The van der Waals surface area contributed by atoms with Crippen molar-refractivity contribution in [2.24, 2.45) is 0 Å². The fourth-order valence-electron chi connectivity index (χ4n) is 3.14. The molecule has 0 radical (unpaired) electrons. The van der Waals surface area contributed by atoms with Gasteiger partial charge in [-0.25, -0.2) is 0 Å². The van der Waals surface area contributed by atoms with Crippen LogP contribution in [0.1, 0.15) is 17.3 Å². The van der Waals surface area contributed by atoms with Crippen LogP contribution in [0.25, 0.3) is 0 Å². The molecule has 1 amide bonds. The van der Waals surface area contributed by atoms with Gasteiger partial charge in [-0.3, -0.25) is 24.6 Å². The summed E-state index contributed by atoms with van der Waals surface area (Å²) in [7, 11) is 0. The molecule has 0 unspecified atom stereocenters. The molecule has 1 aliphatic rings. The first kappa shape index (κ1) is 19.5. The molecule has 8 nitrogen and oxygen atoms in total. The third-order valence-electron chi connectivity index (χ3n) is 4.74. The minimum absolute atomic E-state index is 0.00884. The number of carbonyl (C=O) groups excluding carboxylic acids is 2. The van der Waals surface area contributed by atoms with E-state index in [1.165, 1.54) is 24.3 Å². The summed E-state index contributed by atoms with van der Waals surface area (Å²) in [5, 5.41) is 13.4. The van der Waals surface area contributed by atoms with E-state index in [1.54, 1.807) is 6.92 Å². The van der Waals surface area contributed by atoms with Crippen LogP contribution in [0.3, 0.4) is 0 Å². The van der Waals surface area contributed by atoms with Crippen molar-refractivity contribution in [2.45, 2.75) is 6.92 Å². The van der Waals surface area contributed by atoms with E-state index in [1.807, 2.05) is 24.3 Å². The lowest BCUT2D eigenvalue weighted by molar-refractivity contribution is -0.384. The van der Waals surface area contributed by atoms with Crippen LogP contribution < -0.4 is 10.2 Å². The highest BCUT2D eigenvalue weighted by Gasteiger charge is 2.19. The van der Waals surface area contributed by atoms with Crippen molar-refractivity contribution in [2.75, 3.05) is 42.9 Å². The van der Waals surface area contributed by atoms with Crippen molar-refractivity contribution in [1.82, 2.24) is 4.90 Å². The number of carbonyl (C=O) groups is 2. The first-order valence-corrected chi connectivity index (χ1v) is 9.05. The minimum Gasteiger partial charge on any atom is -0.369 e. The lowest BCUT2D eigenvalue weighted by Crippen LogP contribution is -2.48. The van der Waals surface area contributed by atoms with Crippen molar-refractivity contribution < 1.29 is 14.5 Å². The molecule has 1 fully saturated rings. The van der Waals surface area contributed by atoms with Gasteiger partial charge >= 0.3 is 0 Å². The number of nitro groups is 1. The van der Waals surface area contributed by atoms with Gasteiger partial charge in [0, 0.05) is 55.2 Å². The predicted octanol–water partition coefficient (Wildman–Crippen LogP) is 2.56. The topological polar surface area (TPSA) is 95.8 Å². The number of rotatable bonds is 6. The summed E-state index contributed by atoms with van der Waals surface area (Å²) < 4.78 is 0. The minimum atomic E-state index is -0.473. The van der Waals surface area contributed by atoms with E-state index in [-0.39, 0.29) is 23.9 Å². The Labute approximate surface area is 162 Å². The second-order valence-corrected chi connectivity index (χ2v) is 6.72. The maximum Gasteiger partial charge on any atom is 0.269 e. The molecule has 1 saturated heterocycles. The highest BCUT2D eigenvalue weighted by Crippen LogP contribution is 2.18. The summed E-state index contributed by atoms with van der Waals surface area (Å²) in [6.07, 6.45) is 0. The average molecular weight is 382 g/mol. The number of nitrogens with one attached hydrogen (secondary N) is 1. The highest BCUT2D eigenvalue weighted by molar-refractivity contribution is 5.94. The molecule has 3 rings (SSSR count). The van der Waals surface area contributed by atoms with Gasteiger partial charge in [0.1, 0.15) is 0 Å². The van der Waals surface area contributed by atoms with E-state index in [2.05, 4.69) is 15.1 Å². The van der Waals surface area contributed by atoms with Crippen molar-refractivity contribution in [3.63, 3.8) is 0 Å². The molecule has 8 heteroatoms. The van der Waals surface area contributed by atoms with Gasteiger partial charge in [0.15, 0.2) is 5.78 Å². The van der Waals surface area contributed by atoms with Crippen molar-refractivity contribution in [3.05, 3.63) is 64.2 Å². The summed E-state index contributed by atoms with van der Waals surface area (Å²) in [5.41, 5.74) is 2.30. The van der Waals surface area contributed by atoms with E-state index in [9.17, 15) is 19.7 Å². The average Bonchev–Trinajstić information content (AvgIpc) is 2.69. The lowest BCUT2D eigenvalue weighted by atomic mass is 10.1. The van der Waals surface area contributed by atoms with Gasteiger partial charge in [0.05, 0.1) is 11.5 Å². The molecule has 0 saturated carbocycles. The Balaban J connectivity index is 1.47. The summed E-state index contributed by atoms with van der Waals surface area (Å²) in [4.78, 5) is 38.1. The van der Waals surface area contributed by atoms with E-state index in [0.717, 1.165) is 31.9 Å². The van der Waals surface area contributed by atoms with Crippen LogP contribution in [0, 0.1) is 10.1 Å². The Morgan fingerprint density at radius 3 is 2.14 bits per heavy atom. The summed E-state index contributed by atoms with van der Waals surface area (Å²) in [6, 6.07) is 13.4. The van der Waals surface area contributed by atoms with Gasteiger partial charge in [0.25, 0.3) is 5.69 Å². The van der Waals surface area contributed by atoms with E-state index >= 15 is 0 Å². The van der Waals surface area contributed by atoms with Gasteiger partial charge in [-0.2, -0.15) is 0 Å². The Hall–Kier alpha value is -3.26. The fraction of sp³-hybridized carbons (Fsp3) is 0.300. The Morgan fingerprint density at radius 1 is 1.00 bits per heavy atom. The molecule has 1 aliphatic heterocycles. The Kier molecular flexibility index (Phi) is 6.00. The first-order valence-electron chi connectivity index (χ1n) is 9.05. The predicted molar refractivity (Wildman–Crippen MR) is 107 cm³/mol. The lowest BCUT2D eigenvalue weighted by Gasteiger charge is -2.35. The molecule has 28 heavy (non-hydrogen) atoms. The zero-order valence-electron chi connectivity index (χ0n) is 15.6. The Morgan fingerprint density at radius 2 is 1.61 bits per heavy atom. The van der Waals surface area contributed by atoms with Gasteiger partial charge in [0.2, 0.25) is 5.91 Å². The van der Waals surface area contributed by atoms with Crippen LogP contribution in [0.5, 0.6) is 0 Å². The molecule has 146 valence electrons. The molecule has 1 heterocycles. The normalized spacial score (nSPS) is 14.5. The SMILES string of the molecule is CC(=O)c1ccc(N2CCN(CC(=O)Nc3ccc([N+](=O)[O-])cc3)CC2)cc1. The van der Waals surface area contributed by atoms with Gasteiger partial charge in [-0.15, -0.1) is 0 Å². The highest BCUT2D eigenvalue weighted by atomic mass is 16.6. The number of benzene rings is 2. The molecular formula is C20H22N4O4. The number of nitrogens with zero attached hydrogens (tertiary/aromatic N) is 3. The first-order chi connectivity index (χ1) is 13.4. The largest absolute Gasteiger partial charge is 0.369 e. The van der Waals surface area contributed by atoms with Crippen molar-refractivity contribution in [1.29, 1.82) is 0 Å². The molecule has 2 aromatic carbocycles. The standard InChI is InChI=1S/C20H22N4O4/c1-15(25)16-2-6-18(7-3-16)23-12-10-22(11-13-23)14-20(26)21-17-4-8-19(9-5-17)24(27)28/h2-9H,10-14H2,1H3,(H,21,26). The third kappa shape index (κ3) is 4.92. The number of hydrogen-bond acceptors (Lipinski definition) is 6. The smallest absolute Gasteiger partial charge is 0.269 e. The number of piperazine rings is 1. The van der Waals surface area contributed by atoms with Crippen LogP contribution in [-0.2, 0) is 4.79 Å².